The highest BCUT2D eigenvalue weighted by molar-refractivity contribution is 5.83. The Bertz CT molecular complexity index is 934. The van der Waals surface area contributed by atoms with Crippen molar-refractivity contribution in [1.82, 2.24) is 10.2 Å². The third kappa shape index (κ3) is 5.46. The van der Waals surface area contributed by atoms with Gasteiger partial charge in [0.25, 0.3) is 0 Å². The van der Waals surface area contributed by atoms with Gasteiger partial charge in [0, 0.05) is 12.1 Å². The summed E-state index contributed by atoms with van der Waals surface area (Å²) in [6, 6.07) is 15.0. The summed E-state index contributed by atoms with van der Waals surface area (Å²) in [7, 11) is 0. The highest BCUT2D eigenvalue weighted by atomic mass is 16.5. The lowest BCUT2D eigenvalue weighted by Gasteiger charge is -2.29. The predicted octanol–water partition coefficient (Wildman–Crippen LogP) is 3.27. The standard InChI is InChI=1S/C23H28N4O4/c24-22-25-19-11-10-18(31-17-6-2-1-3-7-17)14-16(19)15-27(22)12-13-30-23(29)26-20-8-4-5-9-21(20)28/h1-3,6-7,10-11,14,20-21,28H,4-5,8-9,12-13,15H2,(H2,24,25)(H,26,29). The molecule has 0 spiro atoms. The number of nitrogens with zero attached hydrogens (tertiary/aromatic N) is 2. The van der Waals surface area contributed by atoms with Gasteiger partial charge >= 0.3 is 6.09 Å². The molecular weight excluding hydrogens is 396 g/mol. The topological polar surface area (TPSA) is 109 Å². The van der Waals surface area contributed by atoms with E-state index >= 15 is 0 Å². The van der Waals surface area contributed by atoms with E-state index in [0.717, 1.165) is 42.0 Å². The van der Waals surface area contributed by atoms with Crippen LogP contribution >= 0.6 is 0 Å². The molecule has 1 fully saturated rings. The van der Waals surface area contributed by atoms with E-state index in [-0.39, 0.29) is 12.6 Å². The van der Waals surface area contributed by atoms with Crippen molar-refractivity contribution in [1.29, 1.82) is 0 Å². The zero-order valence-electron chi connectivity index (χ0n) is 17.4. The van der Waals surface area contributed by atoms with Crippen molar-refractivity contribution in [3.8, 4) is 11.5 Å². The van der Waals surface area contributed by atoms with Gasteiger partial charge in [-0.1, -0.05) is 31.0 Å². The Hall–Kier alpha value is -3.26. The van der Waals surface area contributed by atoms with E-state index in [9.17, 15) is 9.90 Å². The Morgan fingerprint density at radius 1 is 1.16 bits per heavy atom. The summed E-state index contributed by atoms with van der Waals surface area (Å²) in [5, 5.41) is 12.7. The first-order valence-corrected chi connectivity index (χ1v) is 10.6. The van der Waals surface area contributed by atoms with Crippen molar-refractivity contribution in [2.24, 2.45) is 10.7 Å². The van der Waals surface area contributed by atoms with Crippen molar-refractivity contribution in [3.05, 3.63) is 54.1 Å². The maximum atomic E-state index is 12.1. The molecule has 8 heteroatoms. The average molecular weight is 425 g/mol. The Balaban J connectivity index is 1.30. The number of carbonyl (C=O) groups excluding carboxylic acids is 1. The number of fused-ring (bicyclic) bond motifs is 1. The summed E-state index contributed by atoms with van der Waals surface area (Å²) in [6.07, 6.45) is 2.44. The van der Waals surface area contributed by atoms with Crippen LogP contribution in [0.4, 0.5) is 10.5 Å². The molecule has 31 heavy (non-hydrogen) atoms. The molecule has 0 aromatic heterocycles. The second kappa shape index (κ2) is 9.70. The lowest BCUT2D eigenvalue weighted by atomic mass is 9.93. The normalized spacial score (nSPS) is 20.4. The number of benzene rings is 2. The van der Waals surface area contributed by atoms with E-state index in [1.165, 1.54) is 0 Å². The molecule has 2 aromatic rings. The van der Waals surface area contributed by atoms with Crippen molar-refractivity contribution in [2.75, 3.05) is 13.2 Å². The minimum absolute atomic E-state index is 0.167. The van der Waals surface area contributed by atoms with Crippen molar-refractivity contribution >= 4 is 17.7 Å². The molecular formula is C23H28N4O4. The van der Waals surface area contributed by atoms with Crippen LogP contribution in [0.3, 0.4) is 0 Å². The van der Waals surface area contributed by atoms with Gasteiger partial charge in [0.15, 0.2) is 5.96 Å². The van der Waals surface area contributed by atoms with Crippen LogP contribution in [0, 0.1) is 0 Å². The smallest absolute Gasteiger partial charge is 0.407 e. The third-order valence-corrected chi connectivity index (χ3v) is 5.58. The van der Waals surface area contributed by atoms with Gasteiger partial charge < -0.3 is 30.5 Å². The molecule has 4 rings (SSSR count). The quantitative estimate of drug-likeness (QED) is 0.657. The number of rotatable bonds is 6. The molecule has 1 aliphatic carbocycles. The highest BCUT2D eigenvalue weighted by Gasteiger charge is 2.25. The molecule has 1 amide bonds. The van der Waals surface area contributed by atoms with Crippen LogP contribution in [0.15, 0.2) is 53.5 Å². The first kappa shape index (κ1) is 21.0. The van der Waals surface area contributed by atoms with Crippen LogP contribution < -0.4 is 15.8 Å². The summed E-state index contributed by atoms with van der Waals surface area (Å²) < 4.78 is 11.2. The molecule has 4 N–H and O–H groups in total. The lowest BCUT2D eigenvalue weighted by molar-refractivity contribution is 0.0784. The maximum Gasteiger partial charge on any atom is 0.407 e. The number of alkyl carbamates (subject to hydrolysis) is 1. The number of aliphatic hydroxyl groups excluding tert-OH is 1. The monoisotopic (exact) mass is 424 g/mol. The summed E-state index contributed by atoms with van der Waals surface area (Å²) in [6.45, 7) is 1.13. The maximum absolute atomic E-state index is 12.1. The molecule has 2 aromatic carbocycles. The van der Waals surface area contributed by atoms with Gasteiger partial charge in [-0.2, -0.15) is 0 Å². The second-order valence-corrected chi connectivity index (χ2v) is 7.84. The number of hydrogen-bond donors (Lipinski definition) is 3. The van der Waals surface area contributed by atoms with Gasteiger partial charge in [-0.3, -0.25) is 0 Å². The number of nitrogens with two attached hydrogens (primary N) is 1. The number of hydrogen-bond acceptors (Lipinski definition) is 7. The summed E-state index contributed by atoms with van der Waals surface area (Å²) in [5.41, 5.74) is 7.88. The number of aliphatic imine (C=N–C) groups is 1. The molecule has 1 aliphatic heterocycles. The first-order valence-electron chi connectivity index (χ1n) is 10.6. The summed E-state index contributed by atoms with van der Waals surface area (Å²) in [5.74, 6) is 1.87. The summed E-state index contributed by atoms with van der Waals surface area (Å²) >= 11 is 0. The van der Waals surface area contributed by atoms with Crippen LogP contribution in [-0.2, 0) is 11.3 Å². The van der Waals surface area contributed by atoms with Gasteiger partial charge in [0.2, 0.25) is 0 Å². The van der Waals surface area contributed by atoms with E-state index in [2.05, 4.69) is 10.3 Å². The van der Waals surface area contributed by atoms with Gasteiger partial charge in [-0.05, 0) is 43.2 Å². The summed E-state index contributed by atoms with van der Waals surface area (Å²) in [4.78, 5) is 18.4. The van der Waals surface area contributed by atoms with Crippen LogP contribution in [-0.4, -0.2) is 47.4 Å². The minimum atomic E-state index is -0.516. The molecule has 8 nitrogen and oxygen atoms in total. The minimum Gasteiger partial charge on any atom is -0.457 e. The molecule has 1 saturated carbocycles. The predicted molar refractivity (Wildman–Crippen MR) is 117 cm³/mol. The number of nitrogens with one attached hydrogen (secondary N) is 1. The zero-order chi connectivity index (χ0) is 21.6. The first-order chi connectivity index (χ1) is 15.1. The zero-order valence-corrected chi connectivity index (χ0v) is 17.4. The Morgan fingerprint density at radius 3 is 2.77 bits per heavy atom. The van der Waals surface area contributed by atoms with Crippen LogP contribution in [0.5, 0.6) is 11.5 Å². The third-order valence-electron chi connectivity index (χ3n) is 5.58. The fraction of sp³-hybridized carbons (Fsp3) is 0.391. The molecule has 2 atom stereocenters. The van der Waals surface area contributed by atoms with Crippen molar-refractivity contribution in [2.45, 2.75) is 44.4 Å². The second-order valence-electron chi connectivity index (χ2n) is 7.84. The van der Waals surface area contributed by atoms with Crippen LogP contribution in [0.2, 0.25) is 0 Å². The van der Waals surface area contributed by atoms with Gasteiger partial charge in [-0.25, -0.2) is 9.79 Å². The molecule has 1 heterocycles. The molecule has 0 radical (unpaired) electrons. The highest BCUT2D eigenvalue weighted by Crippen LogP contribution is 2.31. The number of para-hydroxylation sites is 1. The number of ether oxygens (including phenoxy) is 2. The van der Waals surface area contributed by atoms with Crippen molar-refractivity contribution in [3.63, 3.8) is 0 Å². The Labute approximate surface area is 181 Å². The fourth-order valence-electron chi connectivity index (χ4n) is 3.88. The van der Waals surface area contributed by atoms with Gasteiger partial charge in [0.1, 0.15) is 18.1 Å². The fourth-order valence-corrected chi connectivity index (χ4v) is 3.88. The van der Waals surface area contributed by atoms with Crippen LogP contribution in [0.1, 0.15) is 31.2 Å². The van der Waals surface area contributed by atoms with E-state index in [0.29, 0.717) is 25.5 Å². The number of amides is 1. The van der Waals surface area contributed by atoms with Crippen molar-refractivity contribution < 1.29 is 19.4 Å². The number of aliphatic hydroxyl groups is 1. The molecule has 164 valence electrons. The van der Waals surface area contributed by atoms with Gasteiger partial charge in [0.05, 0.1) is 24.4 Å². The molecule has 2 aliphatic rings. The molecule has 0 saturated heterocycles. The van der Waals surface area contributed by atoms with E-state index in [4.69, 9.17) is 15.2 Å². The number of carbonyl (C=O) groups is 1. The van der Waals surface area contributed by atoms with E-state index in [1.54, 1.807) is 0 Å². The van der Waals surface area contributed by atoms with Crippen LogP contribution in [0.25, 0.3) is 0 Å². The Morgan fingerprint density at radius 2 is 1.97 bits per heavy atom. The lowest BCUT2D eigenvalue weighted by Crippen LogP contribution is -2.46. The van der Waals surface area contributed by atoms with Gasteiger partial charge in [-0.15, -0.1) is 0 Å². The molecule has 2 unspecified atom stereocenters. The van der Waals surface area contributed by atoms with E-state index < -0.39 is 12.2 Å². The number of guanidine groups is 1. The average Bonchev–Trinajstić information content (AvgIpc) is 2.77. The molecule has 0 bridgehead atoms. The Kier molecular flexibility index (Phi) is 6.57. The largest absolute Gasteiger partial charge is 0.457 e. The van der Waals surface area contributed by atoms with E-state index in [1.807, 2.05) is 53.4 Å². The SMILES string of the molecule is NC1=Nc2ccc(Oc3ccccc3)cc2CN1CCOC(=O)NC1CCCCC1O.